The molecule has 1 rings (SSSR count). The van der Waals surface area contributed by atoms with Crippen LogP contribution in [0.25, 0.3) is 0 Å². The average molecular weight is 126 g/mol. The molecule has 1 aliphatic rings. The van der Waals surface area contributed by atoms with Crippen molar-refractivity contribution in [2.45, 2.75) is 37.1 Å². The van der Waals surface area contributed by atoms with E-state index in [9.17, 15) is 4.39 Å². The lowest BCUT2D eigenvalue weighted by Gasteiger charge is -2.29. The Morgan fingerprint density at radius 2 is 1.78 bits per heavy atom. The van der Waals surface area contributed by atoms with Crippen molar-refractivity contribution in [2.75, 3.05) is 0 Å². The number of rotatable bonds is 0. The summed E-state index contributed by atoms with van der Waals surface area (Å²) in [5.41, 5.74) is -0.841. The quantitative estimate of drug-likeness (QED) is 0.409. The molecule has 0 nitrogen and oxygen atoms in total. The Morgan fingerprint density at radius 3 is 2.11 bits per heavy atom. The van der Waals surface area contributed by atoms with Gasteiger partial charge in [0.15, 0.2) is 0 Å². The molecule has 0 aromatic carbocycles. The summed E-state index contributed by atoms with van der Waals surface area (Å²) in [6, 6.07) is 0. The molecule has 0 aromatic heterocycles. The first-order chi connectivity index (χ1) is 4.10. The van der Waals surface area contributed by atoms with E-state index in [1.807, 2.05) is 0 Å². The van der Waals surface area contributed by atoms with Crippen molar-refractivity contribution in [3.8, 4) is 0 Å². The van der Waals surface area contributed by atoms with Crippen LogP contribution in [0.5, 0.6) is 0 Å². The van der Waals surface area contributed by atoms with Gasteiger partial charge < -0.3 is 0 Å². The molecule has 1 fully saturated rings. The van der Waals surface area contributed by atoms with E-state index in [1.165, 1.54) is 0 Å². The average Bonchev–Trinajstić information content (AvgIpc) is 1.78. The lowest BCUT2D eigenvalue weighted by atomic mass is 9.64. The minimum absolute atomic E-state index is 0.758. The van der Waals surface area contributed by atoms with Crippen LogP contribution in [-0.2, 0) is 0 Å². The van der Waals surface area contributed by atoms with Gasteiger partial charge in [-0.15, -0.1) is 0 Å². The first kappa shape index (κ1) is 7.17. The van der Waals surface area contributed by atoms with Crippen molar-refractivity contribution in [1.29, 1.82) is 0 Å². The summed E-state index contributed by atoms with van der Waals surface area (Å²) in [5.74, 6) is 0.758. The minimum Gasteiger partial charge on any atom is -0.254 e. The van der Waals surface area contributed by atoms with Gasteiger partial charge in [0, 0.05) is 0 Å². The van der Waals surface area contributed by atoms with Gasteiger partial charge in [-0.2, -0.15) is 0 Å². The molecule has 0 radical (unpaired) electrons. The second-order valence-corrected chi connectivity index (χ2v) is 3.60. The predicted octanol–water partition coefficient (Wildman–Crippen LogP) is 0.281. The molecule has 1 saturated carbocycles. The molecule has 1 aliphatic carbocycles. The molecule has 0 aliphatic heterocycles. The molecule has 0 N–H and O–H groups in total. The van der Waals surface area contributed by atoms with E-state index < -0.39 is 5.57 Å². The van der Waals surface area contributed by atoms with Crippen LogP contribution < -0.4 is 0 Å². The summed E-state index contributed by atoms with van der Waals surface area (Å²) < 4.78 is 13.0. The van der Waals surface area contributed by atoms with Crippen LogP contribution in [0, 0.1) is 0 Å². The zero-order valence-electron chi connectivity index (χ0n) is 6.28. The summed E-state index contributed by atoms with van der Waals surface area (Å²) in [7, 11) is 3.92. The van der Waals surface area contributed by atoms with Gasteiger partial charge in [-0.1, -0.05) is 18.7 Å². The Morgan fingerprint density at radius 1 is 1.33 bits per heavy atom. The van der Waals surface area contributed by atoms with Gasteiger partial charge in [0.1, 0.15) is 15.7 Å². The first-order valence-electron chi connectivity index (χ1n) is 3.79. The van der Waals surface area contributed by atoms with Gasteiger partial charge >= 0.3 is 0 Å². The van der Waals surface area contributed by atoms with Crippen LogP contribution in [0.3, 0.4) is 0 Å². The first-order valence-corrected chi connectivity index (χ1v) is 3.79. The summed E-state index contributed by atoms with van der Waals surface area (Å²) >= 11 is 0. The molecular weight excluding hydrogens is 113 g/mol. The molecular formula is C6H13B2F. The van der Waals surface area contributed by atoms with E-state index in [0.717, 1.165) is 31.5 Å². The number of hydrogen-bond donors (Lipinski definition) is 0. The highest BCUT2D eigenvalue weighted by molar-refractivity contribution is 6.15. The Bertz CT molecular complexity index is 93.2. The largest absolute Gasteiger partial charge is 0.254 e. The Hall–Kier alpha value is 0.0599. The zero-order chi connectivity index (χ0) is 6.91. The monoisotopic (exact) mass is 126 g/mol. The molecule has 3 heteroatoms. The second kappa shape index (κ2) is 2.36. The fourth-order valence-corrected chi connectivity index (χ4v) is 1.36. The maximum absolute atomic E-state index is 13.0. The van der Waals surface area contributed by atoms with Crippen LogP contribution in [0.4, 0.5) is 4.39 Å². The van der Waals surface area contributed by atoms with Crippen LogP contribution >= 0.6 is 0 Å². The lowest BCUT2D eigenvalue weighted by Crippen LogP contribution is -2.27. The molecule has 0 unspecified atom stereocenters. The smallest absolute Gasteiger partial charge is 0.150 e. The minimum atomic E-state index is -0.841. The third kappa shape index (κ3) is 2.04. The van der Waals surface area contributed by atoms with Crippen molar-refractivity contribution in [3.63, 3.8) is 0 Å². The normalized spacial score (nSPS) is 44.8. The van der Waals surface area contributed by atoms with Crippen LogP contribution in [-0.4, -0.2) is 21.3 Å². The van der Waals surface area contributed by atoms with Crippen molar-refractivity contribution < 1.29 is 4.39 Å². The summed E-state index contributed by atoms with van der Waals surface area (Å²) in [6.07, 6.45) is 3.70. The number of alkyl halides is 1. The third-order valence-electron chi connectivity index (χ3n) is 2.32. The topological polar surface area (TPSA) is 0 Å². The second-order valence-electron chi connectivity index (χ2n) is 3.60. The van der Waals surface area contributed by atoms with Crippen molar-refractivity contribution >= 4 is 15.7 Å². The molecule has 0 bridgehead atoms. The molecule has 0 saturated heterocycles. The highest BCUT2D eigenvalue weighted by Crippen LogP contribution is 2.33. The number of halogens is 1. The molecule has 50 valence electrons. The maximum Gasteiger partial charge on any atom is 0.150 e. The van der Waals surface area contributed by atoms with E-state index in [-0.39, 0.29) is 0 Å². The predicted molar refractivity (Wildman–Crippen MR) is 43.1 cm³/mol. The van der Waals surface area contributed by atoms with E-state index in [1.54, 1.807) is 7.85 Å². The fraction of sp³-hybridized carbons (Fsp3) is 1.00. The van der Waals surface area contributed by atoms with Gasteiger partial charge in [-0.25, -0.2) is 0 Å². The van der Waals surface area contributed by atoms with Gasteiger partial charge in [0.2, 0.25) is 0 Å². The van der Waals surface area contributed by atoms with Gasteiger partial charge in [0.25, 0.3) is 0 Å². The molecule has 9 heavy (non-hydrogen) atoms. The van der Waals surface area contributed by atoms with Crippen LogP contribution in [0.1, 0.15) is 25.7 Å². The number of hydrogen-bond acceptors (Lipinski definition) is 0. The Balaban J connectivity index is 2.35. The highest BCUT2D eigenvalue weighted by Gasteiger charge is 2.28. The van der Waals surface area contributed by atoms with Crippen molar-refractivity contribution in [2.24, 2.45) is 0 Å². The molecule has 0 amide bonds. The van der Waals surface area contributed by atoms with Gasteiger partial charge in [0.05, 0.1) is 5.57 Å². The SMILES string of the molecule is BC1CCC(B)(F)CC1. The van der Waals surface area contributed by atoms with Gasteiger partial charge in [-0.05, 0) is 12.8 Å². The van der Waals surface area contributed by atoms with Crippen molar-refractivity contribution in [3.05, 3.63) is 0 Å². The third-order valence-corrected chi connectivity index (χ3v) is 2.32. The Kier molecular flexibility index (Phi) is 1.88. The summed E-state index contributed by atoms with van der Waals surface area (Å²) in [6.45, 7) is 0. The van der Waals surface area contributed by atoms with E-state index >= 15 is 0 Å². The molecule has 0 aromatic rings. The van der Waals surface area contributed by atoms with Crippen LogP contribution in [0.15, 0.2) is 0 Å². The summed E-state index contributed by atoms with van der Waals surface area (Å²) in [4.78, 5) is 0. The standard InChI is InChI=1S/C6H13B2F/c7-5-1-3-6(8,9)4-2-5/h5H,1-4,7-8H2. The van der Waals surface area contributed by atoms with E-state index in [0.29, 0.717) is 0 Å². The molecule has 0 heterocycles. The van der Waals surface area contributed by atoms with E-state index in [4.69, 9.17) is 0 Å². The lowest BCUT2D eigenvalue weighted by molar-refractivity contribution is 0.203. The molecule has 0 atom stereocenters. The van der Waals surface area contributed by atoms with E-state index in [2.05, 4.69) is 7.85 Å². The Labute approximate surface area is 58.0 Å². The van der Waals surface area contributed by atoms with Crippen LogP contribution in [0.2, 0.25) is 5.82 Å². The molecule has 0 spiro atoms. The van der Waals surface area contributed by atoms with Crippen molar-refractivity contribution in [1.82, 2.24) is 0 Å². The maximum atomic E-state index is 13.0. The fourth-order valence-electron chi connectivity index (χ4n) is 1.36. The highest BCUT2D eigenvalue weighted by atomic mass is 19.1. The summed E-state index contributed by atoms with van der Waals surface area (Å²) in [5, 5.41) is 0. The zero-order valence-corrected chi connectivity index (χ0v) is 6.28. The van der Waals surface area contributed by atoms with Gasteiger partial charge in [-0.3, -0.25) is 4.39 Å².